The molecular formula is C10H21NO4Si. The van der Waals surface area contributed by atoms with Crippen molar-refractivity contribution in [1.29, 1.82) is 0 Å². The van der Waals surface area contributed by atoms with Gasteiger partial charge in [-0.05, 0) is 20.3 Å². The van der Waals surface area contributed by atoms with Gasteiger partial charge in [-0.2, -0.15) is 4.66 Å². The molecule has 0 spiro atoms. The third-order valence-electron chi connectivity index (χ3n) is 1.87. The van der Waals surface area contributed by atoms with Crippen molar-refractivity contribution < 1.29 is 18.1 Å². The smallest absolute Gasteiger partial charge is 0.355 e. The van der Waals surface area contributed by atoms with Gasteiger partial charge < -0.3 is 13.3 Å². The van der Waals surface area contributed by atoms with Crippen LogP contribution in [0.25, 0.3) is 0 Å². The van der Waals surface area contributed by atoms with E-state index in [0.29, 0.717) is 19.8 Å². The zero-order chi connectivity index (χ0) is 12.3. The van der Waals surface area contributed by atoms with Crippen LogP contribution in [-0.4, -0.2) is 34.9 Å². The lowest BCUT2D eigenvalue weighted by Crippen LogP contribution is -2.44. The van der Waals surface area contributed by atoms with Crippen molar-refractivity contribution in [2.45, 2.75) is 40.0 Å². The predicted molar refractivity (Wildman–Crippen MR) is 62.6 cm³/mol. The number of unbranched alkanes of at least 4 members (excludes halogenated alkanes) is 2. The normalized spacial score (nSPS) is 11.2. The Morgan fingerprint density at radius 2 is 1.69 bits per heavy atom. The molecule has 16 heavy (non-hydrogen) atoms. The van der Waals surface area contributed by atoms with Gasteiger partial charge in [0.2, 0.25) is 6.08 Å². The van der Waals surface area contributed by atoms with Crippen molar-refractivity contribution in [2.24, 2.45) is 4.66 Å². The number of hydrogen-bond acceptors (Lipinski definition) is 5. The predicted octanol–water partition coefficient (Wildman–Crippen LogP) is 2.04. The van der Waals surface area contributed by atoms with Crippen LogP contribution in [0.15, 0.2) is 4.66 Å². The van der Waals surface area contributed by atoms with Crippen LogP contribution in [0.3, 0.4) is 0 Å². The lowest BCUT2D eigenvalue weighted by molar-refractivity contribution is 0.0674. The highest BCUT2D eigenvalue weighted by molar-refractivity contribution is 6.59. The molecule has 0 aromatic carbocycles. The molecule has 0 amide bonds. The average Bonchev–Trinajstić information content (AvgIpc) is 2.26. The molecule has 94 valence electrons. The number of nitrogens with zero attached hydrogens (tertiary/aromatic N) is 1. The van der Waals surface area contributed by atoms with E-state index < -0.39 is 8.97 Å². The van der Waals surface area contributed by atoms with E-state index in [-0.39, 0.29) is 0 Å². The molecule has 0 aliphatic heterocycles. The fraction of sp³-hybridized carbons (Fsp3) is 0.900. The van der Waals surface area contributed by atoms with Crippen LogP contribution < -0.4 is 0 Å². The largest absolute Gasteiger partial charge is 0.663 e. The average molecular weight is 247 g/mol. The summed E-state index contributed by atoms with van der Waals surface area (Å²) in [5, 5.41) is 0. The maximum atomic E-state index is 10.4. The Labute approximate surface area is 98.3 Å². The van der Waals surface area contributed by atoms with Crippen LogP contribution in [0.2, 0.25) is 0 Å². The van der Waals surface area contributed by atoms with Crippen molar-refractivity contribution in [1.82, 2.24) is 0 Å². The Hall–Kier alpha value is -0.523. The first kappa shape index (κ1) is 15.5. The first-order valence-corrected chi connectivity index (χ1v) is 7.42. The summed E-state index contributed by atoms with van der Waals surface area (Å²) in [6, 6.07) is 0. The SMILES string of the molecule is CCCCCO[Si](N=C=O)(OCC)OCC. The summed E-state index contributed by atoms with van der Waals surface area (Å²) in [7, 11) is -3.14. The molecule has 0 aromatic heterocycles. The summed E-state index contributed by atoms with van der Waals surface area (Å²) >= 11 is 0. The van der Waals surface area contributed by atoms with Gasteiger partial charge in [0, 0.05) is 19.8 Å². The first-order valence-electron chi connectivity index (χ1n) is 5.75. The summed E-state index contributed by atoms with van der Waals surface area (Å²) in [6.07, 6.45) is 4.58. The molecule has 0 N–H and O–H groups in total. The Morgan fingerprint density at radius 3 is 2.12 bits per heavy atom. The second-order valence-corrected chi connectivity index (χ2v) is 5.29. The molecular weight excluding hydrogens is 226 g/mol. The summed E-state index contributed by atoms with van der Waals surface area (Å²) in [4.78, 5) is 10.4. The Kier molecular flexibility index (Phi) is 9.37. The van der Waals surface area contributed by atoms with Gasteiger partial charge in [0.1, 0.15) is 0 Å². The molecule has 0 unspecified atom stereocenters. The third kappa shape index (κ3) is 6.15. The molecule has 0 saturated heterocycles. The van der Waals surface area contributed by atoms with Crippen molar-refractivity contribution in [3.8, 4) is 0 Å². The summed E-state index contributed by atoms with van der Waals surface area (Å²) in [5.74, 6) is 0. The zero-order valence-corrected chi connectivity index (χ0v) is 11.3. The van der Waals surface area contributed by atoms with Gasteiger partial charge in [0.15, 0.2) is 0 Å². The quantitative estimate of drug-likeness (QED) is 0.256. The molecule has 0 rings (SSSR count). The molecule has 6 heteroatoms. The highest BCUT2D eigenvalue weighted by Gasteiger charge is 2.43. The molecule has 0 atom stereocenters. The van der Waals surface area contributed by atoms with Crippen molar-refractivity contribution in [2.75, 3.05) is 19.8 Å². The van der Waals surface area contributed by atoms with E-state index in [1.54, 1.807) is 0 Å². The van der Waals surface area contributed by atoms with Gasteiger partial charge in [0.05, 0.1) is 0 Å². The van der Waals surface area contributed by atoms with Crippen molar-refractivity contribution in [3.63, 3.8) is 0 Å². The number of isocyanates is 1. The highest BCUT2D eigenvalue weighted by Crippen LogP contribution is 2.12. The second kappa shape index (κ2) is 9.69. The number of rotatable bonds is 10. The number of carbonyl (C=O) groups excluding carboxylic acids is 1. The van der Waals surface area contributed by atoms with Crippen LogP contribution in [-0.2, 0) is 18.1 Å². The Balaban J connectivity index is 4.29. The van der Waals surface area contributed by atoms with E-state index in [1.165, 1.54) is 6.08 Å². The van der Waals surface area contributed by atoms with Gasteiger partial charge in [-0.1, -0.05) is 19.8 Å². The Bertz CT molecular complexity index is 213. The molecule has 5 nitrogen and oxygen atoms in total. The van der Waals surface area contributed by atoms with Gasteiger partial charge >= 0.3 is 8.97 Å². The lowest BCUT2D eigenvalue weighted by atomic mass is 10.3. The molecule has 0 radical (unpaired) electrons. The number of hydrogen-bond donors (Lipinski definition) is 0. The topological polar surface area (TPSA) is 57.1 Å². The van der Waals surface area contributed by atoms with Gasteiger partial charge in [-0.25, -0.2) is 4.79 Å². The van der Waals surface area contributed by atoms with E-state index >= 15 is 0 Å². The molecule has 0 heterocycles. The van der Waals surface area contributed by atoms with Crippen LogP contribution in [0.5, 0.6) is 0 Å². The van der Waals surface area contributed by atoms with Crippen LogP contribution in [0.4, 0.5) is 0 Å². The van der Waals surface area contributed by atoms with E-state index in [1.807, 2.05) is 13.8 Å². The van der Waals surface area contributed by atoms with E-state index in [2.05, 4.69) is 11.6 Å². The maximum absolute atomic E-state index is 10.4. The van der Waals surface area contributed by atoms with Gasteiger partial charge in [-0.3, -0.25) is 0 Å². The standard InChI is InChI=1S/C10H21NO4Si/c1-4-7-8-9-15-16(11-10-12,13-5-2)14-6-3/h4-9H2,1-3H3. The van der Waals surface area contributed by atoms with E-state index in [0.717, 1.165) is 19.3 Å². The highest BCUT2D eigenvalue weighted by atomic mass is 28.4. The van der Waals surface area contributed by atoms with E-state index in [4.69, 9.17) is 13.3 Å². The molecule has 0 aliphatic carbocycles. The van der Waals surface area contributed by atoms with Crippen molar-refractivity contribution >= 4 is 15.0 Å². The molecule has 0 aliphatic rings. The van der Waals surface area contributed by atoms with Crippen LogP contribution in [0, 0.1) is 0 Å². The first-order chi connectivity index (χ1) is 7.74. The fourth-order valence-corrected chi connectivity index (χ4v) is 2.88. The molecule has 0 bridgehead atoms. The zero-order valence-electron chi connectivity index (χ0n) is 10.3. The van der Waals surface area contributed by atoms with Gasteiger partial charge in [-0.15, -0.1) is 0 Å². The van der Waals surface area contributed by atoms with Crippen LogP contribution >= 0.6 is 0 Å². The molecule has 0 aromatic rings. The molecule has 0 saturated carbocycles. The monoisotopic (exact) mass is 247 g/mol. The third-order valence-corrected chi connectivity index (χ3v) is 4.11. The maximum Gasteiger partial charge on any atom is 0.663 e. The minimum absolute atomic E-state index is 0.408. The fourth-order valence-electron chi connectivity index (χ4n) is 1.20. The minimum atomic E-state index is -3.14. The van der Waals surface area contributed by atoms with Crippen LogP contribution in [0.1, 0.15) is 40.0 Å². The minimum Gasteiger partial charge on any atom is -0.355 e. The van der Waals surface area contributed by atoms with Crippen molar-refractivity contribution in [3.05, 3.63) is 0 Å². The lowest BCUT2D eigenvalue weighted by Gasteiger charge is -2.22. The van der Waals surface area contributed by atoms with Gasteiger partial charge in [0.25, 0.3) is 0 Å². The summed E-state index contributed by atoms with van der Waals surface area (Å²) in [6.45, 7) is 7.06. The summed E-state index contributed by atoms with van der Waals surface area (Å²) in [5.41, 5.74) is 0. The molecule has 0 fully saturated rings. The summed E-state index contributed by atoms with van der Waals surface area (Å²) < 4.78 is 19.8. The second-order valence-electron chi connectivity index (χ2n) is 3.15. The Morgan fingerprint density at radius 1 is 1.06 bits per heavy atom. The van der Waals surface area contributed by atoms with E-state index in [9.17, 15) is 4.79 Å².